The fraction of sp³-hybridized carbons (Fsp3) is 0.412. The molecule has 22 heavy (non-hydrogen) atoms. The maximum absolute atomic E-state index is 12.0. The number of aliphatic hydroxyl groups is 1. The summed E-state index contributed by atoms with van der Waals surface area (Å²) < 4.78 is 1.13. The first-order valence-electron chi connectivity index (χ1n) is 7.69. The Morgan fingerprint density at radius 2 is 2.09 bits per heavy atom. The molecule has 1 aromatic heterocycles. The normalized spacial score (nSPS) is 22.2. The monoisotopic (exact) mass is 316 g/mol. The zero-order valence-corrected chi connectivity index (χ0v) is 13.2. The van der Waals surface area contributed by atoms with E-state index in [4.69, 9.17) is 5.11 Å². The van der Waals surface area contributed by atoms with Crippen molar-refractivity contribution in [3.05, 3.63) is 35.3 Å². The SMILES string of the molecule is O=C(/C=C/c1nc2ccccc2s1)NC1CCC(CO)CC1. The third kappa shape index (κ3) is 3.72. The summed E-state index contributed by atoms with van der Waals surface area (Å²) in [6.07, 6.45) is 7.22. The first-order chi connectivity index (χ1) is 10.7. The molecule has 5 heteroatoms. The fourth-order valence-electron chi connectivity index (χ4n) is 2.85. The van der Waals surface area contributed by atoms with Crippen molar-refractivity contribution in [2.45, 2.75) is 31.7 Å². The molecule has 2 aromatic rings. The summed E-state index contributed by atoms with van der Waals surface area (Å²) in [4.78, 5) is 16.5. The minimum atomic E-state index is -0.0632. The van der Waals surface area contributed by atoms with E-state index in [1.54, 1.807) is 23.5 Å². The average Bonchev–Trinajstić information content (AvgIpc) is 2.96. The number of aliphatic hydroxyl groups excluding tert-OH is 1. The molecule has 1 aromatic carbocycles. The van der Waals surface area contributed by atoms with E-state index < -0.39 is 0 Å². The highest BCUT2D eigenvalue weighted by Gasteiger charge is 2.21. The van der Waals surface area contributed by atoms with E-state index in [1.807, 2.05) is 24.3 Å². The quantitative estimate of drug-likeness (QED) is 0.853. The molecule has 1 fully saturated rings. The van der Waals surface area contributed by atoms with E-state index in [9.17, 15) is 4.79 Å². The van der Waals surface area contributed by atoms with E-state index >= 15 is 0 Å². The van der Waals surface area contributed by atoms with E-state index in [0.717, 1.165) is 40.9 Å². The number of nitrogens with one attached hydrogen (secondary N) is 1. The minimum Gasteiger partial charge on any atom is -0.396 e. The van der Waals surface area contributed by atoms with Crippen LogP contribution < -0.4 is 5.32 Å². The molecule has 116 valence electrons. The van der Waals surface area contributed by atoms with Crippen molar-refractivity contribution in [2.24, 2.45) is 5.92 Å². The number of aromatic nitrogens is 1. The zero-order chi connectivity index (χ0) is 15.4. The number of nitrogens with zero attached hydrogens (tertiary/aromatic N) is 1. The molecule has 1 heterocycles. The molecule has 0 saturated heterocycles. The molecule has 1 aliphatic carbocycles. The lowest BCUT2D eigenvalue weighted by atomic mass is 9.86. The summed E-state index contributed by atoms with van der Waals surface area (Å²) in [5.74, 6) is 0.346. The van der Waals surface area contributed by atoms with Crippen LogP contribution in [0.5, 0.6) is 0 Å². The molecule has 3 rings (SSSR count). The van der Waals surface area contributed by atoms with Crippen LogP contribution in [0.25, 0.3) is 16.3 Å². The maximum atomic E-state index is 12.0. The predicted molar refractivity (Wildman–Crippen MR) is 89.6 cm³/mol. The van der Waals surface area contributed by atoms with Gasteiger partial charge in [0.05, 0.1) is 10.2 Å². The van der Waals surface area contributed by atoms with Gasteiger partial charge in [-0.15, -0.1) is 11.3 Å². The largest absolute Gasteiger partial charge is 0.396 e. The van der Waals surface area contributed by atoms with Crippen LogP contribution in [-0.4, -0.2) is 28.6 Å². The number of hydrogen-bond donors (Lipinski definition) is 2. The van der Waals surface area contributed by atoms with Crippen molar-refractivity contribution in [2.75, 3.05) is 6.61 Å². The zero-order valence-electron chi connectivity index (χ0n) is 12.4. The summed E-state index contributed by atoms with van der Waals surface area (Å²) >= 11 is 1.58. The number of para-hydroxylation sites is 1. The lowest BCUT2D eigenvalue weighted by Gasteiger charge is -2.27. The number of carbonyl (C=O) groups excluding carboxylic acids is 1. The molecule has 1 aliphatic rings. The minimum absolute atomic E-state index is 0.0632. The van der Waals surface area contributed by atoms with Crippen molar-refractivity contribution in [1.82, 2.24) is 10.3 Å². The average molecular weight is 316 g/mol. The van der Waals surface area contributed by atoms with Gasteiger partial charge in [0, 0.05) is 18.7 Å². The van der Waals surface area contributed by atoms with Gasteiger partial charge in [-0.25, -0.2) is 4.98 Å². The standard InChI is InChI=1S/C17H20N2O2S/c20-11-12-5-7-13(8-6-12)18-16(21)9-10-17-19-14-3-1-2-4-15(14)22-17/h1-4,9-10,12-13,20H,5-8,11H2,(H,18,21)/b10-9+. The molecule has 0 radical (unpaired) electrons. The van der Waals surface area contributed by atoms with Crippen LogP contribution in [0.3, 0.4) is 0 Å². The van der Waals surface area contributed by atoms with Crippen LogP contribution in [0.1, 0.15) is 30.7 Å². The Balaban J connectivity index is 1.55. The van der Waals surface area contributed by atoms with Crippen LogP contribution in [0, 0.1) is 5.92 Å². The lowest BCUT2D eigenvalue weighted by Crippen LogP contribution is -2.37. The number of rotatable bonds is 4. The second kappa shape index (κ2) is 7.03. The molecule has 0 unspecified atom stereocenters. The van der Waals surface area contributed by atoms with Crippen molar-refractivity contribution < 1.29 is 9.90 Å². The second-order valence-electron chi connectivity index (χ2n) is 5.76. The third-order valence-corrected chi connectivity index (χ3v) is 5.14. The third-order valence-electron chi connectivity index (χ3n) is 4.14. The van der Waals surface area contributed by atoms with Crippen molar-refractivity contribution in [1.29, 1.82) is 0 Å². The van der Waals surface area contributed by atoms with Crippen LogP contribution >= 0.6 is 11.3 Å². The van der Waals surface area contributed by atoms with Crippen molar-refractivity contribution in [3.63, 3.8) is 0 Å². The summed E-state index contributed by atoms with van der Waals surface area (Å²) in [6, 6.07) is 8.19. The van der Waals surface area contributed by atoms with Crippen LogP contribution in [0.4, 0.5) is 0 Å². The van der Waals surface area contributed by atoms with Gasteiger partial charge >= 0.3 is 0 Å². The number of carbonyl (C=O) groups is 1. The topological polar surface area (TPSA) is 62.2 Å². The van der Waals surface area contributed by atoms with Crippen molar-refractivity contribution >= 4 is 33.5 Å². The van der Waals surface area contributed by atoms with E-state index in [-0.39, 0.29) is 18.6 Å². The Bertz CT molecular complexity index is 639. The highest BCUT2D eigenvalue weighted by molar-refractivity contribution is 7.19. The molecule has 4 nitrogen and oxygen atoms in total. The lowest BCUT2D eigenvalue weighted by molar-refractivity contribution is -0.117. The fourth-order valence-corrected chi connectivity index (χ4v) is 3.72. The second-order valence-corrected chi connectivity index (χ2v) is 6.82. The van der Waals surface area contributed by atoms with E-state index in [2.05, 4.69) is 10.3 Å². The molecular formula is C17H20N2O2S. The van der Waals surface area contributed by atoms with Gasteiger partial charge in [-0.3, -0.25) is 4.79 Å². The van der Waals surface area contributed by atoms with Gasteiger partial charge in [-0.1, -0.05) is 12.1 Å². The van der Waals surface area contributed by atoms with E-state index in [1.165, 1.54) is 0 Å². The molecule has 1 amide bonds. The summed E-state index contributed by atoms with van der Waals surface area (Å²) in [6.45, 7) is 0.262. The smallest absolute Gasteiger partial charge is 0.244 e. The molecule has 0 aliphatic heterocycles. The first-order valence-corrected chi connectivity index (χ1v) is 8.51. The van der Waals surface area contributed by atoms with Gasteiger partial charge in [0.2, 0.25) is 5.91 Å². The maximum Gasteiger partial charge on any atom is 0.244 e. The van der Waals surface area contributed by atoms with Crippen molar-refractivity contribution in [3.8, 4) is 0 Å². The summed E-state index contributed by atoms with van der Waals surface area (Å²) in [5, 5.41) is 13.0. The van der Waals surface area contributed by atoms with Crippen LogP contribution in [-0.2, 0) is 4.79 Å². The highest BCUT2D eigenvalue weighted by atomic mass is 32.1. The number of thiazole rings is 1. The summed E-state index contributed by atoms with van der Waals surface area (Å²) in [5.41, 5.74) is 0.967. The number of amides is 1. The Kier molecular flexibility index (Phi) is 4.85. The number of benzene rings is 1. The predicted octanol–water partition coefficient (Wildman–Crippen LogP) is 2.98. The number of hydrogen-bond acceptors (Lipinski definition) is 4. The molecule has 0 atom stereocenters. The van der Waals surface area contributed by atoms with Crippen LogP contribution in [0.2, 0.25) is 0 Å². The molecule has 2 N–H and O–H groups in total. The summed E-state index contributed by atoms with van der Waals surface area (Å²) in [7, 11) is 0. The van der Waals surface area contributed by atoms with E-state index in [0.29, 0.717) is 5.92 Å². The van der Waals surface area contributed by atoms with Gasteiger partial charge < -0.3 is 10.4 Å². The highest BCUT2D eigenvalue weighted by Crippen LogP contribution is 2.24. The van der Waals surface area contributed by atoms with Crippen LogP contribution in [0.15, 0.2) is 30.3 Å². The van der Waals surface area contributed by atoms with Gasteiger partial charge in [-0.05, 0) is 49.8 Å². The van der Waals surface area contributed by atoms with Gasteiger partial charge in [0.15, 0.2) is 0 Å². The Hall–Kier alpha value is -1.72. The van der Waals surface area contributed by atoms with Gasteiger partial charge in [0.25, 0.3) is 0 Å². The molecule has 1 saturated carbocycles. The molecule has 0 spiro atoms. The van der Waals surface area contributed by atoms with Gasteiger partial charge in [-0.2, -0.15) is 0 Å². The Morgan fingerprint density at radius 3 is 2.82 bits per heavy atom. The molecule has 0 bridgehead atoms. The number of fused-ring (bicyclic) bond motifs is 1. The molecular weight excluding hydrogens is 296 g/mol. The Labute approximate surface area is 133 Å². The van der Waals surface area contributed by atoms with Gasteiger partial charge in [0.1, 0.15) is 5.01 Å². The Morgan fingerprint density at radius 1 is 1.32 bits per heavy atom. The first kappa shape index (κ1) is 15.2.